The number of sulfonamides is 1. The standard InChI is InChI=1S/C15H27N3O2S/c1-11(2)18-10-15(8-14(18)9-16)21(19,20)17-13-6-4-12(3)5-7-13/h8,10-13,17H,4-7,9,16H2,1-3H3. The zero-order valence-electron chi connectivity index (χ0n) is 13.2. The lowest BCUT2D eigenvalue weighted by atomic mass is 9.88. The lowest BCUT2D eigenvalue weighted by Gasteiger charge is -2.26. The molecule has 0 amide bonds. The Kier molecular flexibility index (Phi) is 5.11. The Morgan fingerprint density at radius 2 is 1.95 bits per heavy atom. The van der Waals surface area contributed by atoms with Gasteiger partial charge in [-0.2, -0.15) is 0 Å². The average molecular weight is 313 g/mol. The van der Waals surface area contributed by atoms with Crippen molar-refractivity contribution in [3.8, 4) is 0 Å². The first-order valence-electron chi connectivity index (χ1n) is 7.76. The van der Waals surface area contributed by atoms with E-state index >= 15 is 0 Å². The molecule has 1 aliphatic carbocycles. The predicted molar refractivity (Wildman–Crippen MR) is 84.4 cm³/mol. The maximum atomic E-state index is 12.5. The van der Waals surface area contributed by atoms with Gasteiger partial charge in [0.05, 0.1) is 4.90 Å². The summed E-state index contributed by atoms with van der Waals surface area (Å²) in [7, 11) is -3.45. The van der Waals surface area contributed by atoms with E-state index in [4.69, 9.17) is 5.73 Å². The second kappa shape index (κ2) is 6.50. The molecule has 0 aliphatic heterocycles. The highest BCUT2D eigenvalue weighted by Crippen LogP contribution is 2.25. The fourth-order valence-corrected chi connectivity index (χ4v) is 4.31. The van der Waals surface area contributed by atoms with E-state index in [9.17, 15) is 8.42 Å². The number of nitrogens with one attached hydrogen (secondary N) is 1. The third-order valence-corrected chi connectivity index (χ3v) is 5.81. The molecule has 1 saturated carbocycles. The molecule has 0 bridgehead atoms. The summed E-state index contributed by atoms with van der Waals surface area (Å²) in [5.74, 6) is 0.705. The summed E-state index contributed by atoms with van der Waals surface area (Å²) in [6.45, 7) is 6.60. The van der Waals surface area contributed by atoms with Crippen LogP contribution in [0.1, 0.15) is 58.2 Å². The molecule has 1 heterocycles. The van der Waals surface area contributed by atoms with Gasteiger partial charge in [-0.15, -0.1) is 0 Å². The fourth-order valence-electron chi connectivity index (χ4n) is 2.95. The molecule has 3 N–H and O–H groups in total. The van der Waals surface area contributed by atoms with Crippen molar-refractivity contribution in [2.24, 2.45) is 11.7 Å². The second-order valence-electron chi connectivity index (χ2n) is 6.45. The van der Waals surface area contributed by atoms with E-state index in [1.54, 1.807) is 12.3 Å². The van der Waals surface area contributed by atoms with Crippen molar-refractivity contribution in [3.63, 3.8) is 0 Å². The van der Waals surface area contributed by atoms with Crippen LogP contribution in [0.3, 0.4) is 0 Å². The summed E-state index contributed by atoms with van der Waals surface area (Å²) in [6, 6.07) is 1.95. The lowest BCUT2D eigenvalue weighted by molar-refractivity contribution is 0.332. The van der Waals surface area contributed by atoms with Crippen LogP contribution in [0.2, 0.25) is 0 Å². The minimum Gasteiger partial charge on any atom is -0.346 e. The van der Waals surface area contributed by atoms with Crippen molar-refractivity contribution < 1.29 is 8.42 Å². The van der Waals surface area contributed by atoms with Crippen LogP contribution in [-0.2, 0) is 16.6 Å². The van der Waals surface area contributed by atoms with Crippen LogP contribution >= 0.6 is 0 Å². The smallest absolute Gasteiger partial charge is 0.242 e. The fraction of sp³-hybridized carbons (Fsp3) is 0.733. The zero-order valence-corrected chi connectivity index (χ0v) is 14.0. The average Bonchev–Trinajstić information content (AvgIpc) is 2.86. The largest absolute Gasteiger partial charge is 0.346 e. The molecule has 0 spiro atoms. The van der Waals surface area contributed by atoms with E-state index in [1.165, 1.54) is 0 Å². The molecule has 0 radical (unpaired) electrons. The van der Waals surface area contributed by atoms with E-state index in [0.717, 1.165) is 31.4 Å². The summed E-state index contributed by atoms with van der Waals surface area (Å²) < 4.78 is 29.8. The maximum Gasteiger partial charge on any atom is 0.242 e. The van der Waals surface area contributed by atoms with Gasteiger partial charge in [-0.1, -0.05) is 6.92 Å². The normalized spacial score (nSPS) is 23.7. The topological polar surface area (TPSA) is 77.1 Å². The molecule has 6 heteroatoms. The minimum atomic E-state index is -3.45. The van der Waals surface area contributed by atoms with Crippen molar-refractivity contribution in [1.82, 2.24) is 9.29 Å². The van der Waals surface area contributed by atoms with Crippen LogP contribution in [0.5, 0.6) is 0 Å². The molecule has 0 saturated heterocycles. The van der Waals surface area contributed by atoms with Crippen LogP contribution in [0, 0.1) is 5.92 Å². The molecule has 0 atom stereocenters. The molecule has 2 rings (SSSR count). The monoisotopic (exact) mass is 313 g/mol. The first kappa shape index (κ1) is 16.5. The molecule has 1 fully saturated rings. The van der Waals surface area contributed by atoms with Gasteiger partial charge in [-0.25, -0.2) is 13.1 Å². The number of aromatic nitrogens is 1. The molecule has 120 valence electrons. The highest BCUT2D eigenvalue weighted by molar-refractivity contribution is 7.89. The molecule has 5 nitrogen and oxygen atoms in total. The Bertz CT molecular complexity index is 570. The molecular formula is C15H27N3O2S. The van der Waals surface area contributed by atoms with Crippen LogP contribution in [0.25, 0.3) is 0 Å². The Labute approximate surface area is 128 Å². The minimum absolute atomic E-state index is 0.0647. The molecule has 21 heavy (non-hydrogen) atoms. The van der Waals surface area contributed by atoms with Crippen LogP contribution < -0.4 is 10.5 Å². The zero-order chi connectivity index (χ0) is 15.6. The van der Waals surface area contributed by atoms with Gasteiger partial charge >= 0.3 is 0 Å². The summed E-state index contributed by atoms with van der Waals surface area (Å²) in [6.07, 6.45) is 5.73. The van der Waals surface area contributed by atoms with E-state index < -0.39 is 10.0 Å². The van der Waals surface area contributed by atoms with Crippen LogP contribution in [0.4, 0.5) is 0 Å². The van der Waals surface area contributed by atoms with Gasteiger partial charge < -0.3 is 10.3 Å². The number of hydrogen-bond acceptors (Lipinski definition) is 3. The number of nitrogens with zero attached hydrogens (tertiary/aromatic N) is 1. The summed E-state index contributed by atoms with van der Waals surface area (Å²) in [5, 5.41) is 0. The molecular weight excluding hydrogens is 286 g/mol. The van der Waals surface area contributed by atoms with E-state index in [2.05, 4.69) is 11.6 Å². The van der Waals surface area contributed by atoms with Crippen LogP contribution in [-0.4, -0.2) is 19.0 Å². The van der Waals surface area contributed by atoms with Crippen molar-refractivity contribution >= 4 is 10.0 Å². The Morgan fingerprint density at radius 1 is 1.33 bits per heavy atom. The van der Waals surface area contributed by atoms with Gasteiger partial charge in [0.15, 0.2) is 0 Å². The lowest BCUT2D eigenvalue weighted by Crippen LogP contribution is -2.37. The summed E-state index contributed by atoms with van der Waals surface area (Å²) in [5.41, 5.74) is 6.56. The first-order chi connectivity index (χ1) is 9.83. The van der Waals surface area contributed by atoms with E-state index in [1.807, 2.05) is 18.4 Å². The summed E-state index contributed by atoms with van der Waals surface area (Å²) in [4.78, 5) is 0.329. The summed E-state index contributed by atoms with van der Waals surface area (Å²) >= 11 is 0. The SMILES string of the molecule is CC1CCC(NS(=O)(=O)c2cc(CN)n(C(C)C)c2)CC1. The molecule has 1 aromatic heterocycles. The maximum absolute atomic E-state index is 12.5. The Morgan fingerprint density at radius 3 is 2.43 bits per heavy atom. The number of nitrogens with two attached hydrogens (primary N) is 1. The van der Waals surface area contributed by atoms with Gasteiger partial charge in [0.25, 0.3) is 0 Å². The van der Waals surface area contributed by atoms with Gasteiger partial charge in [0, 0.05) is 30.5 Å². The molecule has 1 aromatic rings. The third kappa shape index (κ3) is 3.87. The number of rotatable bonds is 5. The Hall–Kier alpha value is -0.850. The Balaban J connectivity index is 2.16. The third-order valence-electron chi connectivity index (χ3n) is 4.32. The quantitative estimate of drug-likeness (QED) is 0.876. The van der Waals surface area contributed by atoms with Gasteiger partial charge in [0.2, 0.25) is 10.0 Å². The van der Waals surface area contributed by atoms with Gasteiger partial charge in [0.1, 0.15) is 0 Å². The highest BCUT2D eigenvalue weighted by Gasteiger charge is 2.25. The van der Waals surface area contributed by atoms with Crippen LogP contribution in [0.15, 0.2) is 17.2 Å². The predicted octanol–water partition coefficient (Wildman–Crippen LogP) is 2.38. The van der Waals surface area contributed by atoms with Crippen molar-refractivity contribution in [3.05, 3.63) is 18.0 Å². The highest BCUT2D eigenvalue weighted by atomic mass is 32.2. The van der Waals surface area contributed by atoms with Crippen molar-refractivity contribution in [2.45, 2.75) is 70.0 Å². The van der Waals surface area contributed by atoms with E-state index in [-0.39, 0.29) is 12.1 Å². The first-order valence-corrected chi connectivity index (χ1v) is 9.25. The van der Waals surface area contributed by atoms with Gasteiger partial charge in [-0.05, 0) is 51.5 Å². The van der Waals surface area contributed by atoms with Gasteiger partial charge in [-0.3, -0.25) is 0 Å². The molecule has 0 aromatic carbocycles. The van der Waals surface area contributed by atoms with Crippen molar-refractivity contribution in [2.75, 3.05) is 0 Å². The number of hydrogen-bond donors (Lipinski definition) is 2. The molecule has 0 unspecified atom stereocenters. The molecule has 1 aliphatic rings. The second-order valence-corrected chi connectivity index (χ2v) is 8.16. The van der Waals surface area contributed by atoms with E-state index in [0.29, 0.717) is 17.4 Å². The van der Waals surface area contributed by atoms with Crippen molar-refractivity contribution in [1.29, 1.82) is 0 Å².